The summed E-state index contributed by atoms with van der Waals surface area (Å²) in [7, 11) is 1.62. The lowest BCUT2D eigenvalue weighted by Gasteiger charge is -2.20. The standard InChI is InChI=1S/C24H24N2O5/c1-3-29-22-7-4-5-8-23(22)31-16-24(27)26-20(21-9-6-14-30-21)15-19(25-26)17-10-12-18(28-2)13-11-17/h4-14,20H,3,15-16H2,1-2H3/t20-/m0/s1. The van der Waals surface area contributed by atoms with Gasteiger partial charge in [0.2, 0.25) is 0 Å². The number of para-hydroxylation sites is 2. The predicted octanol–water partition coefficient (Wildman–Crippen LogP) is 4.44. The van der Waals surface area contributed by atoms with E-state index in [1.807, 2.05) is 55.5 Å². The molecular formula is C24H24N2O5. The van der Waals surface area contributed by atoms with Gasteiger partial charge in [-0.05, 0) is 61.0 Å². The zero-order valence-corrected chi connectivity index (χ0v) is 17.5. The number of methoxy groups -OCH3 is 1. The molecule has 0 aliphatic carbocycles. The molecule has 0 radical (unpaired) electrons. The van der Waals surface area contributed by atoms with Crippen molar-refractivity contribution in [3.63, 3.8) is 0 Å². The molecule has 0 saturated carbocycles. The quantitative estimate of drug-likeness (QED) is 0.539. The number of hydrazone groups is 1. The zero-order chi connectivity index (χ0) is 21.6. The first kappa shape index (κ1) is 20.5. The molecule has 0 N–H and O–H groups in total. The topological polar surface area (TPSA) is 73.5 Å². The average molecular weight is 420 g/mol. The van der Waals surface area contributed by atoms with E-state index in [9.17, 15) is 4.79 Å². The second-order valence-corrected chi connectivity index (χ2v) is 6.92. The largest absolute Gasteiger partial charge is 0.497 e. The van der Waals surface area contributed by atoms with Gasteiger partial charge in [-0.2, -0.15) is 5.10 Å². The average Bonchev–Trinajstić information content (AvgIpc) is 3.49. The van der Waals surface area contributed by atoms with Crippen molar-refractivity contribution in [2.75, 3.05) is 20.3 Å². The molecule has 0 spiro atoms. The molecule has 0 saturated heterocycles. The first-order valence-corrected chi connectivity index (χ1v) is 10.1. The van der Waals surface area contributed by atoms with E-state index in [-0.39, 0.29) is 18.6 Å². The Balaban J connectivity index is 1.54. The van der Waals surface area contributed by atoms with Gasteiger partial charge >= 0.3 is 0 Å². The molecule has 2 heterocycles. The Kier molecular flexibility index (Phi) is 6.21. The smallest absolute Gasteiger partial charge is 0.281 e. The van der Waals surface area contributed by atoms with Crippen LogP contribution in [0.3, 0.4) is 0 Å². The van der Waals surface area contributed by atoms with Gasteiger partial charge in [-0.25, -0.2) is 5.01 Å². The molecule has 0 unspecified atom stereocenters. The number of carbonyl (C=O) groups excluding carboxylic acids is 1. The van der Waals surface area contributed by atoms with E-state index in [1.54, 1.807) is 25.5 Å². The van der Waals surface area contributed by atoms with Gasteiger partial charge in [0.1, 0.15) is 17.6 Å². The number of furan rings is 1. The Labute approximate surface area is 180 Å². The van der Waals surface area contributed by atoms with Gasteiger partial charge in [0.25, 0.3) is 5.91 Å². The molecule has 160 valence electrons. The number of ether oxygens (including phenoxy) is 3. The Morgan fingerprint density at radius 2 is 1.81 bits per heavy atom. The van der Waals surface area contributed by atoms with E-state index in [4.69, 9.17) is 18.6 Å². The van der Waals surface area contributed by atoms with Crippen LogP contribution in [0.15, 0.2) is 76.4 Å². The van der Waals surface area contributed by atoms with Crippen LogP contribution in [0.4, 0.5) is 0 Å². The lowest BCUT2D eigenvalue weighted by atomic mass is 10.0. The number of rotatable bonds is 8. The van der Waals surface area contributed by atoms with E-state index in [2.05, 4.69) is 5.10 Å². The van der Waals surface area contributed by atoms with Crippen molar-refractivity contribution < 1.29 is 23.4 Å². The minimum atomic E-state index is -0.328. The van der Waals surface area contributed by atoms with E-state index >= 15 is 0 Å². The SMILES string of the molecule is CCOc1ccccc1OCC(=O)N1N=C(c2ccc(OC)cc2)C[C@H]1c1ccco1. The van der Waals surface area contributed by atoms with Crippen molar-refractivity contribution >= 4 is 11.6 Å². The first-order valence-electron chi connectivity index (χ1n) is 10.1. The lowest BCUT2D eigenvalue weighted by molar-refractivity contribution is -0.135. The Morgan fingerprint density at radius 3 is 2.45 bits per heavy atom. The molecular weight excluding hydrogens is 396 g/mol. The number of amides is 1. The minimum absolute atomic E-state index is 0.166. The maximum absolute atomic E-state index is 13.1. The van der Waals surface area contributed by atoms with Crippen LogP contribution in [0, 0.1) is 0 Å². The Hall–Kier alpha value is -3.74. The molecule has 1 aromatic heterocycles. The summed E-state index contributed by atoms with van der Waals surface area (Å²) < 4.78 is 22.1. The van der Waals surface area contributed by atoms with E-state index < -0.39 is 0 Å². The molecule has 7 heteroatoms. The number of hydrogen-bond donors (Lipinski definition) is 0. The molecule has 1 atom stereocenters. The molecule has 0 bridgehead atoms. The molecule has 2 aromatic carbocycles. The highest BCUT2D eigenvalue weighted by molar-refractivity contribution is 6.03. The second-order valence-electron chi connectivity index (χ2n) is 6.92. The van der Waals surface area contributed by atoms with Crippen LogP contribution >= 0.6 is 0 Å². The van der Waals surface area contributed by atoms with Gasteiger partial charge in [-0.3, -0.25) is 4.79 Å². The van der Waals surface area contributed by atoms with Gasteiger partial charge in [0.15, 0.2) is 18.1 Å². The number of nitrogens with zero attached hydrogens (tertiary/aromatic N) is 2. The first-order chi connectivity index (χ1) is 15.2. The summed E-state index contributed by atoms with van der Waals surface area (Å²) in [5.41, 5.74) is 1.72. The number of benzene rings is 2. The molecule has 4 rings (SSSR count). The summed E-state index contributed by atoms with van der Waals surface area (Å²) in [5, 5.41) is 6.06. The van der Waals surface area contributed by atoms with Crippen molar-refractivity contribution in [1.29, 1.82) is 0 Å². The van der Waals surface area contributed by atoms with Crippen LogP contribution in [0.1, 0.15) is 30.7 Å². The van der Waals surface area contributed by atoms with Crippen LogP contribution in [-0.2, 0) is 4.79 Å². The molecule has 0 fully saturated rings. The lowest BCUT2D eigenvalue weighted by Crippen LogP contribution is -2.31. The van der Waals surface area contributed by atoms with Crippen molar-refractivity contribution in [3.8, 4) is 17.2 Å². The molecule has 1 amide bonds. The van der Waals surface area contributed by atoms with Gasteiger partial charge < -0.3 is 18.6 Å². The van der Waals surface area contributed by atoms with Gasteiger partial charge in [0.05, 0.1) is 25.7 Å². The summed E-state index contributed by atoms with van der Waals surface area (Å²) in [6.45, 7) is 2.24. The highest BCUT2D eigenvalue weighted by Crippen LogP contribution is 2.34. The van der Waals surface area contributed by atoms with E-state index in [1.165, 1.54) is 5.01 Å². The summed E-state index contributed by atoms with van der Waals surface area (Å²) in [6.07, 6.45) is 2.14. The van der Waals surface area contributed by atoms with Crippen LogP contribution in [0.5, 0.6) is 17.2 Å². The normalized spacial score (nSPS) is 15.5. The van der Waals surface area contributed by atoms with Crippen molar-refractivity contribution in [2.24, 2.45) is 5.10 Å². The zero-order valence-electron chi connectivity index (χ0n) is 17.5. The predicted molar refractivity (Wildman–Crippen MR) is 116 cm³/mol. The van der Waals surface area contributed by atoms with Crippen LogP contribution < -0.4 is 14.2 Å². The van der Waals surface area contributed by atoms with Gasteiger partial charge in [0, 0.05) is 6.42 Å². The third-order valence-corrected chi connectivity index (χ3v) is 4.96. The molecule has 1 aliphatic rings. The van der Waals surface area contributed by atoms with Crippen LogP contribution in [0.25, 0.3) is 0 Å². The number of hydrogen-bond acceptors (Lipinski definition) is 6. The van der Waals surface area contributed by atoms with Gasteiger partial charge in [-0.15, -0.1) is 0 Å². The molecule has 1 aliphatic heterocycles. The fraction of sp³-hybridized carbons (Fsp3) is 0.250. The highest BCUT2D eigenvalue weighted by atomic mass is 16.5. The summed E-state index contributed by atoms with van der Waals surface area (Å²) >= 11 is 0. The fourth-order valence-corrected chi connectivity index (χ4v) is 3.45. The molecule has 3 aromatic rings. The van der Waals surface area contributed by atoms with E-state index in [0.717, 1.165) is 17.0 Å². The highest BCUT2D eigenvalue weighted by Gasteiger charge is 2.35. The van der Waals surface area contributed by atoms with Crippen molar-refractivity contribution in [1.82, 2.24) is 5.01 Å². The second kappa shape index (κ2) is 9.38. The molecule has 31 heavy (non-hydrogen) atoms. The number of carbonyl (C=O) groups is 1. The van der Waals surface area contributed by atoms with Crippen molar-refractivity contribution in [2.45, 2.75) is 19.4 Å². The van der Waals surface area contributed by atoms with Crippen LogP contribution in [0.2, 0.25) is 0 Å². The maximum Gasteiger partial charge on any atom is 0.281 e. The van der Waals surface area contributed by atoms with Crippen LogP contribution in [-0.4, -0.2) is 37.0 Å². The monoisotopic (exact) mass is 420 g/mol. The summed E-state index contributed by atoms with van der Waals surface area (Å²) in [5.74, 6) is 2.29. The fourth-order valence-electron chi connectivity index (χ4n) is 3.45. The Bertz CT molecular complexity index is 1040. The maximum atomic E-state index is 13.1. The van der Waals surface area contributed by atoms with Gasteiger partial charge in [-0.1, -0.05) is 12.1 Å². The molecule has 7 nitrogen and oxygen atoms in total. The minimum Gasteiger partial charge on any atom is -0.497 e. The Morgan fingerprint density at radius 1 is 1.06 bits per heavy atom. The van der Waals surface area contributed by atoms with E-state index in [0.29, 0.717) is 30.3 Å². The summed E-state index contributed by atoms with van der Waals surface area (Å²) in [4.78, 5) is 13.1. The third-order valence-electron chi connectivity index (χ3n) is 4.96. The van der Waals surface area contributed by atoms with Crippen molar-refractivity contribution in [3.05, 3.63) is 78.3 Å². The third kappa shape index (κ3) is 4.55. The summed E-state index contributed by atoms with van der Waals surface area (Å²) in [6, 6.07) is 18.2.